The van der Waals surface area contributed by atoms with Gasteiger partial charge in [0.1, 0.15) is 0 Å². The fraction of sp³-hybridized carbons (Fsp3) is 0.385. The second-order valence-electron chi connectivity index (χ2n) is 4.57. The fourth-order valence-corrected chi connectivity index (χ4v) is 3.35. The lowest BCUT2D eigenvalue weighted by atomic mass is 9.98. The maximum atomic E-state index is 11.9. The number of carbonyl (C=O) groups is 1. The fourth-order valence-electron chi connectivity index (χ4n) is 2.26. The van der Waals surface area contributed by atoms with E-state index < -0.39 is 0 Å². The van der Waals surface area contributed by atoms with Crippen molar-refractivity contribution in [1.29, 1.82) is 0 Å². The standard InChI is InChI=1S/C13H13ClN2O2S/c14-11-6-5-8(19-11)7-12(17)15-13-9-3-1-2-4-10(9)16-18-13/h5-6H,1-4,7H2,(H,15,17). The number of halogens is 1. The zero-order chi connectivity index (χ0) is 13.2. The van der Waals surface area contributed by atoms with Gasteiger partial charge in [0.15, 0.2) is 0 Å². The summed E-state index contributed by atoms with van der Waals surface area (Å²) in [7, 11) is 0. The number of fused-ring (bicyclic) bond motifs is 1. The van der Waals surface area contributed by atoms with E-state index in [1.165, 1.54) is 11.3 Å². The van der Waals surface area contributed by atoms with E-state index in [4.69, 9.17) is 16.1 Å². The molecule has 0 bridgehead atoms. The minimum atomic E-state index is -0.0944. The van der Waals surface area contributed by atoms with Crippen molar-refractivity contribution < 1.29 is 9.32 Å². The number of amides is 1. The largest absolute Gasteiger partial charge is 0.338 e. The molecule has 0 aromatic carbocycles. The average Bonchev–Trinajstić information content (AvgIpc) is 2.97. The van der Waals surface area contributed by atoms with Crippen LogP contribution < -0.4 is 5.32 Å². The van der Waals surface area contributed by atoms with Gasteiger partial charge in [-0.25, -0.2) is 0 Å². The average molecular weight is 297 g/mol. The van der Waals surface area contributed by atoms with E-state index in [1.54, 1.807) is 6.07 Å². The van der Waals surface area contributed by atoms with Crippen molar-refractivity contribution in [3.63, 3.8) is 0 Å². The first-order chi connectivity index (χ1) is 9.22. The van der Waals surface area contributed by atoms with Gasteiger partial charge in [0.05, 0.1) is 16.5 Å². The van der Waals surface area contributed by atoms with Crippen LogP contribution in [0.1, 0.15) is 29.0 Å². The Balaban J connectivity index is 1.68. The van der Waals surface area contributed by atoms with Gasteiger partial charge in [0.25, 0.3) is 0 Å². The number of aromatic nitrogens is 1. The third-order valence-corrected chi connectivity index (χ3v) is 4.41. The quantitative estimate of drug-likeness (QED) is 0.944. The molecule has 4 nitrogen and oxygen atoms in total. The van der Waals surface area contributed by atoms with Crippen LogP contribution in [0.15, 0.2) is 16.7 Å². The molecule has 1 aliphatic rings. The van der Waals surface area contributed by atoms with Crippen molar-refractivity contribution >= 4 is 34.7 Å². The molecule has 2 aromatic heterocycles. The van der Waals surface area contributed by atoms with Gasteiger partial charge in [0.2, 0.25) is 11.8 Å². The molecule has 3 rings (SSSR count). The van der Waals surface area contributed by atoms with Gasteiger partial charge in [-0.2, -0.15) is 0 Å². The molecule has 0 saturated carbocycles. The molecule has 1 N–H and O–H groups in total. The molecular weight excluding hydrogens is 284 g/mol. The van der Waals surface area contributed by atoms with E-state index in [1.807, 2.05) is 6.07 Å². The molecule has 0 unspecified atom stereocenters. The highest BCUT2D eigenvalue weighted by atomic mass is 35.5. The van der Waals surface area contributed by atoms with Gasteiger partial charge in [-0.1, -0.05) is 16.8 Å². The lowest BCUT2D eigenvalue weighted by molar-refractivity contribution is -0.115. The smallest absolute Gasteiger partial charge is 0.234 e. The first-order valence-corrected chi connectivity index (χ1v) is 7.43. The minimum Gasteiger partial charge on any atom is -0.338 e. The molecule has 0 saturated heterocycles. The van der Waals surface area contributed by atoms with Gasteiger partial charge in [-0.05, 0) is 37.8 Å². The summed E-state index contributed by atoms with van der Waals surface area (Å²) in [4.78, 5) is 12.9. The third-order valence-electron chi connectivity index (χ3n) is 3.18. The first kappa shape index (κ1) is 12.7. The van der Waals surface area contributed by atoms with Crippen molar-refractivity contribution in [2.24, 2.45) is 0 Å². The van der Waals surface area contributed by atoms with Gasteiger partial charge >= 0.3 is 0 Å². The highest BCUT2D eigenvalue weighted by molar-refractivity contribution is 7.16. The van der Waals surface area contributed by atoms with E-state index in [9.17, 15) is 4.79 Å². The van der Waals surface area contributed by atoms with Crippen LogP contribution in [0.3, 0.4) is 0 Å². The first-order valence-electron chi connectivity index (χ1n) is 6.24. The van der Waals surface area contributed by atoms with E-state index in [-0.39, 0.29) is 5.91 Å². The van der Waals surface area contributed by atoms with E-state index in [2.05, 4.69) is 10.5 Å². The van der Waals surface area contributed by atoms with Gasteiger partial charge < -0.3 is 4.52 Å². The molecular formula is C13H13ClN2O2S. The molecule has 0 spiro atoms. The molecule has 0 atom stereocenters. The predicted octanol–water partition coefficient (Wildman–Crippen LogP) is 3.45. The topological polar surface area (TPSA) is 55.1 Å². The number of aryl methyl sites for hydroxylation is 1. The van der Waals surface area contributed by atoms with Gasteiger partial charge in [-0.3, -0.25) is 10.1 Å². The third kappa shape index (κ3) is 2.82. The SMILES string of the molecule is O=C(Cc1ccc(Cl)s1)Nc1onc2c1CCCC2. The number of nitrogens with one attached hydrogen (secondary N) is 1. The Bertz CT molecular complexity index is 606. The molecule has 1 aliphatic carbocycles. The zero-order valence-electron chi connectivity index (χ0n) is 10.2. The lowest BCUT2D eigenvalue weighted by Crippen LogP contribution is -2.15. The summed E-state index contributed by atoms with van der Waals surface area (Å²) < 4.78 is 5.92. The van der Waals surface area contributed by atoms with Crippen molar-refractivity contribution in [1.82, 2.24) is 5.16 Å². The Morgan fingerprint density at radius 3 is 3.05 bits per heavy atom. The summed E-state index contributed by atoms with van der Waals surface area (Å²) >= 11 is 7.26. The maximum Gasteiger partial charge on any atom is 0.234 e. The van der Waals surface area contributed by atoms with Crippen LogP contribution in [-0.2, 0) is 24.1 Å². The molecule has 2 aromatic rings. The maximum absolute atomic E-state index is 11.9. The van der Waals surface area contributed by atoms with Crippen molar-refractivity contribution in [3.8, 4) is 0 Å². The highest BCUT2D eigenvalue weighted by Gasteiger charge is 2.20. The minimum absolute atomic E-state index is 0.0944. The van der Waals surface area contributed by atoms with Crippen LogP contribution >= 0.6 is 22.9 Å². The lowest BCUT2D eigenvalue weighted by Gasteiger charge is -2.09. The van der Waals surface area contributed by atoms with Crippen LogP contribution in [0, 0.1) is 0 Å². The number of nitrogens with zero attached hydrogens (tertiary/aromatic N) is 1. The molecule has 0 aliphatic heterocycles. The number of thiophene rings is 1. The van der Waals surface area contributed by atoms with Crippen LogP contribution in [0.25, 0.3) is 0 Å². The summed E-state index contributed by atoms with van der Waals surface area (Å²) in [6, 6.07) is 3.66. The Hall–Kier alpha value is -1.33. The molecule has 1 amide bonds. The van der Waals surface area contributed by atoms with E-state index in [0.717, 1.165) is 41.8 Å². The summed E-state index contributed by atoms with van der Waals surface area (Å²) in [6.07, 6.45) is 4.44. The predicted molar refractivity (Wildman–Crippen MR) is 74.8 cm³/mol. The van der Waals surface area contributed by atoms with Crippen LogP contribution in [0.4, 0.5) is 5.88 Å². The second kappa shape index (κ2) is 5.35. The molecule has 100 valence electrons. The Morgan fingerprint density at radius 2 is 2.26 bits per heavy atom. The zero-order valence-corrected chi connectivity index (χ0v) is 11.8. The Labute approximate surface area is 119 Å². The van der Waals surface area contributed by atoms with E-state index >= 15 is 0 Å². The number of rotatable bonds is 3. The highest BCUT2D eigenvalue weighted by Crippen LogP contribution is 2.28. The number of anilines is 1. The Kier molecular flexibility index (Phi) is 3.57. The van der Waals surface area contributed by atoms with Crippen LogP contribution in [0.5, 0.6) is 0 Å². The van der Waals surface area contributed by atoms with Crippen LogP contribution in [-0.4, -0.2) is 11.1 Å². The van der Waals surface area contributed by atoms with Gasteiger partial charge in [-0.15, -0.1) is 11.3 Å². The van der Waals surface area contributed by atoms with Crippen molar-refractivity contribution in [2.75, 3.05) is 5.32 Å². The normalized spacial score (nSPS) is 14.2. The number of hydrogen-bond acceptors (Lipinski definition) is 4. The monoisotopic (exact) mass is 296 g/mol. The second-order valence-corrected chi connectivity index (χ2v) is 6.37. The molecule has 0 radical (unpaired) electrons. The molecule has 19 heavy (non-hydrogen) atoms. The molecule has 6 heteroatoms. The van der Waals surface area contributed by atoms with Crippen molar-refractivity contribution in [2.45, 2.75) is 32.1 Å². The summed E-state index contributed by atoms with van der Waals surface area (Å²) in [5.41, 5.74) is 2.05. The summed E-state index contributed by atoms with van der Waals surface area (Å²) in [6.45, 7) is 0. The van der Waals surface area contributed by atoms with Crippen molar-refractivity contribution in [3.05, 3.63) is 32.6 Å². The molecule has 0 fully saturated rings. The molecule has 2 heterocycles. The Morgan fingerprint density at radius 1 is 1.42 bits per heavy atom. The summed E-state index contributed by atoms with van der Waals surface area (Å²) in [5.74, 6) is 0.422. The number of hydrogen-bond donors (Lipinski definition) is 1. The number of carbonyl (C=O) groups excluding carboxylic acids is 1. The van der Waals surface area contributed by atoms with E-state index in [0.29, 0.717) is 16.6 Å². The van der Waals surface area contributed by atoms with Gasteiger partial charge in [0, 0.05) is 10.4 Å². The summed E-state index contributed by atoms with van der Waals surface area (Å²) in [5, 5.41) is 6.82. The van der Waals surface area contributed by atoms with Crippen LogP contribution in [0.2, 0.25) is 4.34 Å².